The Morgan fingerprint density at radius 1 is 1.43 bits per heavy atom. The van der Waals surface area contributed by atoms with Crippen LogP contribution in [0.4, 0.5) is 8.78 Å². The van der Waals surface area contributed by atoms with Crippen LogP contribution < -0.4 is 0 Å². The summed E-state index contributed by atoms with van der Waals surface area (Å²) in [5, 5.41) is 0. The number of fused-ring (bicyclic) bond motifs is 1. The molecule has 0 saturated carbocycles. The van der Waals surface area contributed by atoms with Crippen molar-refractivity contribution < 1.29 is 8.78 Å². The molecule has 0 fully saturated rings. The normalized spacial score (nSPS) is 11.4. The number of halogens is 3. The van der Waals surface area contributed by atoms with Crippen molar-refractivity contribution in [1.82, 2.24) is 9.97 Å². The number of rotatable bonds is 2. The second-order valence-electron chi connectivity index (χ2n) is 2.89. The molecule has 0 aliphatic heterocycles. The van der Waals surface area contributed by atoms with E-state index in [2.05, 4.69) is 9.97 Å². The van der Waals surface area contributed by atoms with Gasteiger partial charge in [-0.2, -0.15) is 0 Å². The minimum absolute atomic E-state index is 0.0118. The summed E-state index contributed by atoms with van der Waals surface area (Å²) in [5.74, 6) is 0.840. The van der Waals surface area contributed by atoms with Gasteiger partial charge in [-0.1, -0.05) is 6.07 Å². The molecule has 1 N–H and O–H groups in total. The fraction of sp³-hybridized carbons (Fsp3) is 0.222. The van der Waals surface area contributed by atoms with Crippen LogP contribution >= 0.6 is 11.6 Å². The third-order valence-electron chi connectivity index (χ3n) is 1.93. The summed E-state index contributed by atoms with van der Waals surface area (Å²) in [6.07, 6.45) is -2.46. The number of aromatic nitrogens is 2. The first-order valence-corrected chi connectivity index (χ1v) is 4.57. The van der Waals surface area contributed by atoms with Crippen molar-refractivity contribution in [2.75, 3.05) is 0 Å². The van der Waals surface area contributed by atoms with Crippen molar-refractivity contribution in [3.05, 3.63) is 29.6 Å². The number of aromatic amines is 1. The maximum atomic E-state index is 12.3. The minimum atomic E-state index is -2.46. The van der Waals surface area contributed by atoms with Crippen molar-refractivity contribution in [3.8, 4) is 0 Å². The SMILES string of the molecule is FC(F)c1ccc2nc(CCl)[nH]c2c1. The molecular weight excluding hydrogens is 210 g/mol. The second-order valence-corrected chi connectivity index (χ2v) is 3.16. The zero-order chi connectivity index (χ0) is 10.1. The molecule has 2 aromatic rings. The summed E-state index contributed by atoms with van der Waals surface area (Å²) >= 11 is 5.56. The number of hydrogen-bond acceptors (Lipinski definition) is 1. The van der Waals surface area contributed by atoms with E-state index >= 15 is 0 Å². The number of hydrogen-bond donors (Lipinski definition) is 1. The predicted octanol–water partition coefficient (Wildman–Crippen LogP) is 3.24. The average Bonchev–Trinajstić information content (AvgIpc) is 2.58. The van der Waals surface area contributed by atoms with Crippen molar-refractivity contribution in [2.24, 2.45) is 0 Å². The van der Waals surface area contributed by atoms with Crippen LogP contribution in [0, 0.1) is 0 Å². The van der Waals surface area contributed by atoms with Crippen LogP contribution in [0.5, 0.6) is 0 Å². The zero-order valence-corrected chi connectivity index (χ0v) is 7.85. The van der Waals surface area contributed by atoms with E-state index in [9.17, 15) is 8.78 Å². The molecule has 0 aliphatic rings. The van der Waals surface area contributed by atoms with Gasteiger partial charge < -0.3 is 4.98 Å². The number of imidazole rings is 1. The molecule has 0 spiro atoms. The van der Waals surface area contributed by atoms with Crippen LogP contribution in [0.25, 0.3) is 11.0 Å². The van der Waals surface area contributed by atoms with Crippen molar-refractivity contribution in [1.29, 1.82) is 0 Å². The van der Waals surface area contributed by atoms with Gasteiger partial charge in [-0.3, -0.25) is 0 Å². The first kappa shape index (κ1) is 9.40. The van der Waals surface area contributed by atoms with Crippen LogP contribution in [-0.4, -0.2) is 9.97 Å². The third kappa shape index (κ3) is 1.57. The molecule has 1 aromatic carbocycles. The van der Waals surface area contributed by atoms with Crippen LogP contribution in [0.1, 0.15) is 17.8 Å². The Hall–Kier alpha value is -1.16. The number of nitrogens with one attached hydrogen (secondary N) is 1. The Kier molecular flexibility index (Phi) is 2.37. The smallest absolute Gasteiger partial charge is 0.263 e. The van der Waals surface area contributed by atoms with E-state index in [4.69, 9.17) is 11.6 Å². The van der Waals surface area contributed by atoms with Gasteiger partial charge in [0, 0.05) is 5.56 Å². The lowest BCUT2D eigenvalue weighted by atomic mass is 10.2. The second kappa shape index (κ2) is 3.53. The maximum absolute atomic E-state index is 12.3. The monoisotopic (exact) mass is 216 g/mol. The molecule has 0 radical (unpaired) electrons. The largest absolute Gasteiger partial charge is 0.341 e. The predicted molar refractivity (Wildman–Crippen MR) is 50.6 cm³/mol. The molecule has 0 atom stereocenters. The van der Waals surface area contributed by atoms with E-state index < -0.39 is 6.43 Å². The average molecular weight is 217 g/mol. The van der Waals surface area contributed by atoms with Crippen molar-refractivity contribution in [2.45, 2.75) is 12.3 Å². The Labute approximate surface area is 83.9 Å². The Morgan fingerprint density at radius 3 is 2.86 bits per heavy atom. The van der Waals surface area contributed by atoms with Crippen LogP contribution in [-0.2, 0) is 5.88 Å². The van der Waals surface area contributed by atoms with Gasteiger partial charge in [0.25, 0.3) is 6.43 Å². The molecule has 1 aromatic heterocycles. The molecule has 2 rings (SSSR count). The highest BCUT2D eigenvalue weighted by Gasteiger charge is 2.09. The minimum Gasteiger partial charge on any atom is -0.341 e. The molecule has 0 amide bonds. The lowest BCUT2D eigenvalue weighted by Crippen LogP contribution is -1.82. The molecule has 0 aliphatic carbocycles. The quantitative estimate of drug-likeness (QED) is 0.767. The summed E-state index contributed by atoms with van der Waals surface area (Å²) in [7, 11) is 0. The highest BCUT2D eigenvalue weighted by molar-refractivity contribution is 6.16. The number of benzene rings is 1. The van der Waals surface area contributed by atoms with Gasteiger partial charge in [0.05, 0.1) is 16.9 Å². The Balaban J connectivity index is 2.54. The van der Waals surface area contributed by atoms with Gasteiger partial charge >= 0.3 is 0 Å². The van der Waals surface area contributed by atoms with E-state index in [1.165, 1.54) is 12.1 Å². The maximum Gasteiger partial charge on any atom is 0.263 e. The van der Waals surface area contributed by atoms with Gasteiger partial charge in [0.2, 0.25) is 0 Å². The zero-order valence-electron chi connectivity index (χ0n) is 7.10. The van der Waals surface area contributed by atoms with E-state index in [0.717, 1.165) is 0 Å². The first-order valence-electron chi connectivity index (χ1n) is 4.03. The van der Waals surface area contributed by atoms with Crippen LogP contribution in [0.3, 0.4) is 0 Å². The molecule has 2 nitrogen and oxygen atoms in total. The van der Waals surface area contributed by atoms with E-state index in [-0.39, 0.29) is 11.4 Å². The number of H-pyrrole nitrogens is 1. The summed E-state index contributed by atoms with van der Waals surface area (Å²) in [5.41, 5.74) is 1.24. The summed E-state index contributed by atoms with van der Waals surface area (Å²) < 4.78 is 24.6. The van der Waals surface area contributed by atoms with Crippen molar-refractivity contribution in [3.63, 3.8) is 0 Å². The van der Waals surface area contributed by atoms with Gasteiger partial charge in [-0.25, -0.2) is 13.8 Å². The third-order valence-corrected chi connectivity index (χ3v) is 2.19. The standard InChI is InChI=1S/C9H7ClF2N2/c10-4-8-13-6-2-1-5(9(11)12)3-7(6)14-8/h1-3,9H,4H2,(H,13,14). The highest BCUT2D eigenvalue weighted by Crippen LogP contribution is 2.22. The van der Waals surface area contributed by atoms with Gasteiger partial charge in [-0.15, -0.1) is 11.6 Å². The van der Waals surface area contributed by atoms with Gasteiger partial charge in [0.1, 0.15) is 5.82 Å². The fourth-order valence-electron chi connectivity index (χ4n) is 1.28. The molecule has 1 heterocycles. The number of nitrogens with zero attached hydrogens (tertiary/aromatic N) is 1. The molecule has 0 unspecified atom stereocenters. The van der Waals surface area contributed by atoms with Crippen molar-refractivity contribution >= 4 is 22.6 Å². The fourth-order valence-corrected chi connectivity index (χ4v) is 1.41. The molecule has 0 bridgehead atoms. The summed E-state index contributed by atoms with van der Waals surface area (Å²) in [6, 6.07) is 4.32. The summed E-state index contributed by atoms with van der Waals surface area (Å²) in [6.45, 7) is 0. The van der Waals surface area contributed by atoms with E-state index in [1.54, 1.807) is 6.07 Å². The number of alkyl halides is 3. The van der Waals surface area contributed by atoms with Crippen LogP contribution in [0.2, 0.25) is 0 Å². The summed E-state index contributed by atoms with van der Waals surface area (Å²) in [4.78, 5) is 6.96. The first-order chi connectivity index (χ1) is 6.70. The molecule has 74 valence electrons. The topological polar surface area (TPSA) is 28.7 Å². The van der Waals surface area contributed by atoms with E-state index in [1.807, 2.05) is 0 Å². The Bertz CT molecular complexity index is 453. The highest BCUT2D eigenvalue weighted by atomic mass is 35.5. The molecular formula is C9H7ClF2N2. The van der Waals surface area contributed by atoms with Gasteiger partial charge in [-0.05, 0) is 12.1 Å². The molecule has 0 saturated heterocycles. The molecule has 5 heteroatoms. The molecule has 14 heavy (non-hydrogen) atoms. The van der Waals surface area contributed by atoms with Crippen LogP contribution in [0.15, 0.2) is 18.2 Å². The lowest BCUT2D eigenvalue weighted by molar-refractivity contribution is 0.151. The Morgan fingerprint density at radius 2 is 2.21 bits per heavy atom. The lowest BCUT2D eigenvalue weighted by Gasteiger charge is -1.97. The van der Waals surface area contributed by atoms with Gasteiger partial charge in [0.15, 0.2) is 0 Å². The van der Waals surface area contributed by atoms with E-state index in [0.29, 0.717) is 16.9 Å².